The highest BCUT2D eigenvalue weighted by atomic mass is 16.4. The summed E-state index contributed by atoms with van der Waals surface area (Å²) in [6, 6.07) is 8.11. The lowest BCUT2D eigenvalue weighted by Gasteiger charge is -2.19. The van der Waals surface area contributed by atoms with Crippen molar-refractivity contribution < 1.29 is 9.90 Å². The number of nitrogens with one attached hydrogen (secondary N) is 1. The molecule has 1 aromatic carbocycles. The van der Waals surface area contributed by atoms with Crippen molar-refractivity contribution in [2.24, 2.45) is 5.92 Å². The highest BCUT2D eigenvalue weighted by Crippen LogP contribution is 2.13. The van der Waals surface area contributed by atoms with Gasteiger partial charge in [-0.3, -0.25) is 0 Å². The molecule has 0 heterocycles. The third kappa shape index (κ3) is 2.99. The van der Waals surface area contributed by atoms with E-state index in [1.165, 1.54) is 0 Å². The van der Waals surface area contributed by atoms with Crippen molar-refractivity contribution in [3.63, 3.8) is 0 Å². The first-order chi connectivity index (χ1) is 7.54. The number of hydrogen-bond donors (Lipinski definition) is 2. The van der Waals surface area contributed by atoms with Crippen molar-refractivity contribution in [3.05, 3.63) is 29.8 Å². The largest absolute Gasteiger partial charge is 0.480 e. The van der Waals surface area contributed by atoms with E-state index in [0.29, 0.717) is 11.3 Å². The Hall–Kier alpha value is -2.02. The predicted molar refractivity (Wildman–Crippen MR) is 61.0 cm³/mol. The summed E-state index contributed by atoms with van der Waals surface area (Å²) >= 11 is 0. The Labute approximate surface area is 94.5 Å². The molecule has 0 saturated carbocycles. The molecule has 0 radical (unpaired) electrons. The van der Waals surface area contributed by atoms with Gasteiger partial charge in [0.2, 0.25) is 0 Å². The Balaban J connectivity index is 2.78. The molecule has 0 aromatic heterocycles. The molecule has 0 saturated heterocycles. The maximum Gasteiger partial charge on any atom is 0.326 e. The summed E-state index contributed by atoms with van der Waals surface area (Å²) in [6.07, 6.45) is 0. The summed E-state index contributed by atoms with van der Waals surface area (Å²) in [4.78, 5) is 11.0. The van der Waals surface area contributed by atoms with Crippen LogP contribution >= 0.6 is 0 Å². The van der Waals surface area contributed by atoms with Gasteiger partial charge in [0.05, 0.1) is 11.6 Å². The summed E-state index contributed by atoms with van der Waals surface area (Å²) in [5.41, 5.74) is 1.27. The minimum absolute atomic E-state index is 0.00635. The van der Waals surface area contributed by atoms with Gasteiger partial charge >= 0.3 is 5.97 Å². The van der Waals surface area contributed by atoms with Gasteiger partial charge in [-0.25, -0.2) is 4.79 Å². The van der Waals surface area contributed by atoms with Crippen LogP contribution in [-0.2, 0) is 4.79 Å². The fourth-order valence-electron chi connectivity index (χ4n) is 1.33. The van der Waals surface area contributed by atoms with Crippen molar-refractivity contribution in [1.82, 2.24) is 0 Å². The van der Waals surface area contributed by atoms with Crippen molar-refractivity contribution in [1.29, 1.82) is 5.26 Å². The van der Waals surface area contributed by atoms with E-state index in [-0.39, 0.29) is 5.92 Å². The summed E-state index contributed by atoms with van der Waals surface area (Å²) in [5.74, 6) is -0.882. The number of aliphatic carboxylic acids is 1. The maximum atomic E-state index is 11.0. The zero-order valence-electron chi connectivity index (χ0n) is 9.27. The van der Waals surface area contributed by atoms with E-state index in [4.69, 9.17) is 10.4 Å². The van der Waals surface area contributed by atoms with Crippen LogP contribution < -0.4 is 5.32 Å². The van der Waals surface area contributed by atoms with Crippen LogP contribution in [0.3, 0.4) is 0 Å². The molecule has 0 spiro atoms. The van der Waals surface area contributed by atoms with Gasteiger partial charge in [-0.15, -0.1) is 0 Å². The number of hydrogen-bond acceptors (Lipinski definition) is 3. The lowest BCUT2D eigenvalue weighted by molar-refractivity contribution is -0.138. The third-order valence-corrected chi connectivity index (χ3v) is 2.27. The molecule has 0 aliphatic rings. The smallest absolute Gasteiger partial charge is 0.326 e. The standard InChI is InChI=1S/C12H14N2O2/c1-8(2)11(12(15)16)14-10-5-3-9(7-13)4-6-10/h3-6,8,11,14H,1-2H3,(H,15,16). The van der Waals surface area contributed by atoms with E-state index in [1.807, 2.05) is 19.9 Å². The van der Waals surface area contributed by atoms with Crippen molar-refractivity contribution in [2.45, 2.75) is 19.9 Å². The first-order valence-electron chi connectivity index (χ1n) is 5.04. The predicted octanol–water partition coefficient (Wildman–Crippen LogP) is 2.08. The Bertz CT molecular complexity index is 404. The number of carboxylic acids is 1. The molecule has 1 atom stereocenters. The van der Waals surface area contributed by atoms with E-state index >= 15 is 0 Å². The number of anilines is 1. The van der Waals surface area contributed by atoms with Gasteiger partial charge in [-0.2, -0.15) is 5.26 Å². The number of carboxylic acid groups (broad SMARTS) is 1. The Morgan fingerprint density at radius 3 is 2.31 bits per heavy atom. The molecule has 1 rings (SSSR count). The first-order valence-corrected chi connectivity index (χ1v) is 5.04. The van der Waals surface area contributed by atoms with Gasteiger partial charge in [0.1, 0.15) is 6.04 Å². The van der Waals surface area contributed by atoms with Crippen LogP contribution in [0.25, 0.3) is 0 Å². The fraction of sp³-hybridized carbons (Fsp3) is 0.333. The fourth-order valence-corrected chi connectivity index (χ4v) is 1.33. The van der Waals surface area contributed by atoms with Crippen LogP contribution in [-0.4, -0.2) is 17.1 Å². The summed E-state index contributed by atoms with van der Waals surface area (Å²) in [5, 5.41) is 20.5. The van der Waals surface area contributed by atoms with E-state index in [9.17, 15) is 4.79 Å². The van der Waals surface area contributed by atoms with Crippen LogP contribution in [0.15, 0.2) is 24.3 Å². The Morgan fingerprint density at radius 2 is 1.94 bits per heavy atom. The van der Waals surface area contributed by atoms with Crippen molar-refractivity contribution in [2.75, 3.05) is 5.32 Å². The molecule has 4 heteroatoms. The second-order valence-corrected chi connectivity index (χ2v) is 3.89. The molecule has 0 amide bonds. The van der Waals surface area contributed by atoms with Gasteiger partial charge in [-0.1, -0.05) is 13.8 Å². The molecule has 0 aliphatic heterocycles. The number of nitrogens with zero attached hydrogens (tertiary/aromatic N) is 1. The molecule has 1 aromatic rings. The minimum atomic E-state index is -0.876. The number of rotatable bonds is 4. The second kappa shape index (κ2) is 5.17. The Kier molecular flexibility index (Phi) is 3.90. The zero-order chi connectivity index (χ0) is 12.1. The average Bonchev–Trinajstić information content (AvgIpc) is 2.25. The van der Waals surface area contributed by atoms with Gasteiger partial charge in [0.15, 0.2) is 0 Å². The second-order valence-electron chi connectivity index (χ2n) is 3.89. The topological polar surface area (TPSA) is 73.1 Å². The number of carbonyl (C=O) groups is 1. The molecule has 0 fully saturated rings. The maximum absolute atomic E-state index is 11.0. The third-order valence-electron chi connectivity index (χ3n) is 2.27. The highest BCUT2D eigenvalue weighted by molar-refractivity contribution is 5.77. The molecule has 84 valence electrons. The van der Waals surface area contributed by atoms with E-state index < -0.39 is 12.0 Å². The van der Waals surface area contributed by atoms with Crippen molar-refractivity contribution in [3.8, 4) is 6.07 Å². The average molecular weight is 218 g/mol. The van der Waals surface area contributed by atoms with Crippen LogP contribution in [0.5, 0.6) is 0 Å². The van der Waals surface area contributed by atoms with Crippen LogP contribution in [0, 0.1) is 17.2 Å². The molecule has 4 nitrogen and oxygen atoms in total. The molecule has 1 unspecified atom stereocenters. The molecular weight excluding hydrogens is 204 g/mol. The molecular formula is C12H14N2O2. The number of benzene rings is 1. The monoisotopic (exact) mass is 218 g/mol. The zero-order valence-corrected chi connectivity index (χ0v) is 9.27. The summed E-state index contributed by atoms with van der Waals surface area (Å²) in [6.45, 7) is 3.69. The lowest BCUT2D eigenvalue weighted by Crippen LogP contribution is -2.34. The van der Waals surface area contributed by atoms with Gasteiger partial charge in [0.25, 0.3) is 0 Å². The van der Waals surface area contributed by atoms with Gasteiger partial charge in [0, 0.05) is 5.69 Å². The molecule has 0 aliphatic carbocycles. The molecule has 2 N–H and O–H groups in total. The SMILES string of the molecule is CC(C)C(Nc1ccc(C#N)cc1)C(=O)O. The summed E-state index contributed by atoms with van der Waals surface area (Å²) < 4.78 is 0. The van der Waals surface area contributed by atoms with Crippen LogP contribution in [0.1, 0.15) is 19.4 Å². The normalized spacial score (nSPS) is 11.9. The minimum Gasteiger partial charge on any atom is -0.480 e. The van der Waals surface area contributed by atoms with Crippen LogP contribution in [0.2, 0.25) is 0 Å². The molecule has 16 heavy (non-hydrogen) atoms. The van der Waals surface area contributed by atoms with E-state index in [0.717, 1.165) is 0 Å². The van der Waals surface area contributed by atoms with E-state index in [1.54, 1.807) is 24.3 Å². The summed E-state index contributed by atoms with van der Waals surface area (Å²) in [7, 11) is 0. The molecule has 0 bridgehead atoms. The van der Waals surface area contributed by atoms with Crippen molar-refractivity contribution >= 4 is 11.7 Å². The van der Waals surface area contributed by atoms with Gasteiger partial charge < -0.3 is 10.4 Å². The Morgan fingerprint density at radius 1 is 1.38 bits per heavy atom. The quantitative estimate of drug-likeness (QED) is 0.811. The van der Waals surface area contributed by atoms with Crippen LogP contribution in [0.4, 0.5) is 5.69 Å². The van der Waals surface area contributed by atoms with Gasteiger partial charge in [-0.05, 0) is 30.2 Å². The van der Waals surface area contributed by atoms with E-state index in [2.05, 4.69) is 5.32 Å². The number of nitriles is 1. The first kappa shape index (κ1) is 12.1. The highest BCUT2D eigenvalue weighted by Gasteiger charge is 2.20. The lowest BCUT2D eigenvalue weighted by atomic mass is 10.0.